The fourth-order valence-corrected chi connectivity index (χ4v) is 1.82. The maximum absolute atomic E-state index is 13.4. The lowest BCUT2D eigenvalue weighted by molar-refractivity contribution is -0.115. The van der Waals surface area contributed by atoms with E-state index in [4.69, 9.17) is 0 Å². The first kappa shape index (κ1) is 15.1. The number of hydrogen-bond donors (Lipinski definition) is 2. The first-order valence-corrected chi connectivity index (χ1v) is 6.56. The highest BCUT2D eigenvalue weighted by Gasteiger charge is 2.05. The second-order valence-corrected chi connectivity index (χ2v) is 4.75. The van der Waals surface area contributed by atoms with E-state index < -0.39 is 11.6 Å². The normalized spacial score (nSPS) is 10.4. The Labute approximate surface area is 122 Å². The minimum Gasteiger partial charge on any atom is -0.325 e. The Balaban J connectivity index is 1.80. The smallest absolute Gasteiger partial charge is 0.238 e. The van der Waals surface area contributed by atoms with Gasteiger partial charge in [-0.2, -0.15) is 0 Å². The summed E-state index contributed by atoms with van der Waals surface area (Å²) in [6.07, 6.45) is 0. The molecular weight excluding hydrogens is 274 g/mol. The number of carbonyl (C=O) groups excluding carboxylic acids is 1. The van der Waals surface area contributed by atoms with Gasteiger partial charge in [-0.05, 0) is 25.1 Å². The molecular formula is C16H16F2N2O. The third-order valence-electron chi connectivity index (χ3n) is 2.95. The molecule has 2 aromatic carbocycles. The van der Waals surface area contributed by atoms with Crippen LogP contribution in [0.25, 0.3) is 0 Å². The molecule has 0 spiro atoms. The number of aryl methyl sites for hydroxylation is 1. The third-order valence-corrected chi connectivity index (χ3v) is 2.95. The molecule has 2 N–H and O–H groups in total. The lowest BCUT2D eigenvalue weighted by atomic mass is 10.2. The maximum atomic E-state index is 13.4. The predicted molar refractivity (Wildman–Crippen MR) is 77.9 cm³/mol. The molecule has 110 valence electrons. The summed E-state index contributed by atoms with van der Waals surface area (Å²) < 4.78 is 26.1. The number of benzene rings is 2. The van der Waals surface area contributed by atoms with Crippen LogP contribution in [-0.4, -0.2) is 12.5 Å². The lowest BCUT2D eigenvalue weighted by Gasteiger charge is -2.08. The van der Waals surface area contributed by atoms with Crippen LogP contribution in [0.2, 0.25) is 0 Å². The van der Waals surface area contributed by atoms with Crippen molar-refractivity contribution >= 4 is 11.6 Å². The number of halogens is 2. The van der Waals surface area contributed by atoms with E-state index in [1.165, 1.54) is 12.1 Å². The molecule has 0 saturated heterocycles. The SMILES string of the molecule is Cc1ccc(NC(=O)CNCc2ccc(F)cc2F)cc1. The average Bonchev–Trinajstić information content (AvgIpc) is 2.44. The first-order chi connectivity index (χ1) is 10.0. The monoisotopic (exact) mass is 290 g/mol. The Hall–Kier alpha value is -2.27. The summed E-state index contributed by atoms with van der Waals surface area (Å²) >= 11 is 0. The fourth-order valence-electron chi connectivity index (χ4n) is 1.82. The van der Waals surface area contributed by atoms with E-state index in [0.717, 1.165) is 11.6 Å². The van der Waals surface area contributed by atoms with E-state index in [1.54, 1.807) is 0 Å². The standard InChI is InChI=1S/C16H16F2N2O/c1-11-2-6-14(7-3-11)20-16(21)10-19-9-12-4-5-13(17)8-15(12)18/h2-8,19H,9-10H2,1H3,(H,20,21). The molecule has 0 aliphatic rings. The number of carbonyl (C=O) groups is 1. The van der Waals surface area contributed by atoms with Crippen molar-refractivity contribution in [1.29, 1.82) is 0 Å². The number of anilines is 1. The van der Waals surface area contributed by atoms with E-state index in [2.05, 4.69) is 10.6 Å². The highest BCUT2D eigenvalue weighted by Crippen LogP contribution is 2.09. The van der Waals surface area contributed by atoms with Crippen LogP contribution < -0.4 is 10.6 Å². The molecule has 0 fully saturated rings. The van der Waals surface area contributed by atoms with Crippen molar-refractivity contribution in [3.8, 4) is 0 Å². The lowest BCUT2D eigenvalue weighted by Crippen LogP contribution is -2.28. The molecule has 0 unspecified atom stereocenters. The van der Waals surface area contributed by atoms with Gasteiger partial charge >= 0.3 is 0 Å². The molecule has 21 heavy (non-hydrogen) atoms. The van der Waals surface area contributed by atoms with Gasteiger partial charge in [0.2, 0.25) is 5.91 Å². The van der Waals surface area contributed by atoms with Crippen molar-refractivity contribution in [3.05, 3.63) is 65.2 Å². The molecule has 0 radical (unpaired) electrons. The van der Waals surface area contributed by atoms with Gasteiger partial charge in [-0.25, -0.2) is 8.78 Å². The van der Waals surface area contributed by atoms with Gasteiger partial charge in [0.25, 0.3) is 0 Å². The van der Waals surface area contributed by atoms with Crippen LogP contribution in [0.15, 0.2) is 42.5 Å². The molecule has 0 bridgehead atoms. The zero-order chi connectivity index (χ0) is 15.2. The Morgan fingerprint density at radius 2 is 1.81 bits per heavy atom. The molecule has 2 aromatic rings. The van der Waals surface area contributed by atoms with Crippen LogP contribution in [0.3, 0.4) is 0 Å². The Kier molecular flexibility index (Phi) is 5.00. The summed E-state index contributed by atoms with van der Waals surface area (Å²) in [6.45, 7) is 2.17. The molecule has 0 heterocycles. The second kappa shape index (κ2) is 6.95. The van der Waals surface area contributed by atoms with Gasteiger partial charge in [-0.1, -0.05) is 23.8 Å². The van der Waals surface area contributed by atoms with Gasteiger partial charge in [-0.15, -0.1) is 0 Å². The summed E-state index contributed by atoms with van der Waals surface area (Å²) in [7, 11) is 0. The van der Waals surface area contributed by atoms with Crippen molar-refractivity contribution in [2.24, 2.45) is 0 Å². The van der Waals surface area contributed by atoms with Crippen molar-refractivity contribution in [3.63, 3.8) is 0 Å². The fraction of sp³-hybridized carbons (Fsp3) is 0.188. The largest absolute Gasteiger partial charge is 0.325 e. The van der Waals surface area contributed by atoms with Gasteiger partial charge in [0.15, 0.2) is 0 Å². The van der Waals surface area contributed by atoms with Gasteiger partial charge in [0.05, 0.1) is 6.54 Å². The minimum absolute atomic E-state index is 0.0463. The van der Waals surface area contributed by atoms with Gasteiger partial charge in [0.1, 0.15) is 11.6 Å². The highest BCUT2D eigenvalue weighted by molar-refractivity contribution is 5.92. The Bertz CT molecular complexity index is 627. The summed E-state index contributed by atoms with van der Waals surface area (Å²) in [6, 6.07) is 10.8. The van der Waals surface area contributed by atoms with Gasteiger partial charge in [0, 0.05) is 23.9 Å². The number of hydrogen-bond acceptors (Lipinski definition) is 2. The van der Waals surface area contributed by atoms with E-state index >= 15 is 0 Å². The van der Waals surface area contributed by atoms with Crippen molar-refractivity contribution < 1.29 is 13.6 Å². The molecule has 2 rings (SSSR count). The molecule has 3 nitrogen and oxygen atoms in total. The van der Waals surface area contributed by atoms with Crippen molar-refractivity contribution in [2.45, 2.75) is 13.5 Å². The van der Waals surface area contributed by atoms with E-state index in [0.29, 0.717) is 11.3 Å². The average molecular weight is 290 g/mol. The van der Waals surface area contributed by atoms with Crippen LogP contribution >= 0.6 is 0 Å². The highest BCUT2D eigenvalue weighted by atomic mass is 19.1. The van der Waals surface area contributed by atoms with Gasteiger partial charge < -0.3 is 10.6 Å². The van der Waals surface area contributed by atoms with E-state index in [-0.39, 0.29) is 19.0 Å². The van der Waals surface area contributed by atoms with E-state index in [9.17, 15) is 13.6 Å². The summed E-state index contributed by atoms with van der Waals surface area (Å²) in [5.74, 6) is -1.46. The third kappa shape index (κ3) is 4.65. The molecule has 0 aliphatic carbocycles. The molecule has 5 heteroatoms. The van der Waals surface area contributed by atoms with Crippen LogP contribution in [0.5, 0.6) is 0 Å². The maximum Gasteiger partial charge on any atom is 0.238 e. The van der Waals surface area contributed by atoms with Gasteiger partial charge in [-0.3, -0.25) is 4.79 Å². The molecule has 0 saturated carbocycles. The summed E-state index contributed by atoms with van der Waals surface area (Å²) in [4.78, 5) is 11.7. The van der Waals surface area contributed by atoms with Crippen molar-refractivity contribution in [2.75, 3.05) is 11.9 Å². The molecule has 0 aliphatic heterocycles. The van der Waals surface area contributed by atoms with Crippen molar-refractivity contribution in [1.82, 2.24) is 5.32 Å². The zero-order valence-corrected chi connectivity index (χ0v) is 11.6. The predicted octanol–water partition coefficient (Wildman–Crippen LogP) is 3.00. The molecule has 0 aromatic heterocycles. The summed E-state index contributed by atoms with van der Waals surface area (Å²) in [5.41, 5.74) is 2.14. The summed E-state index contributed by atoms with van der Waals surface area (Å²) in [5, 5.41) is 5.54. The quantitative estimate of drug-likeness (QED) is 0.889. The first-order valence-electron chi connectivity index (χ1n) is 6.56. The van der Waals surface area contributed by atoms with Crippen LogP contribution in [-0.2, 0) is 11.3 Å². The second-order valence-electron chi connectivity index (χ2n) is 4.75. The number of nitrogens with one attached hydrogen (secondary N) is 2. The number of rotatable bonds is 5. The minimum atomic E-state index is -0.624. The number of amides is 1. The Morgan fingerprint density at radius 1 is 1.10 bits per heavy atom. The van der Waals surface area contributed by atoms with Crippen LogP contribution in [0, 0.1) is 18.6 Å². The molecule has 0 atom stereocenters. The van der Waals surface area contributed by atoms with Crippen LogP contribution in [0.4, 0.5) is 14.5 Å². The topological polar surface area (TPSA) is 41.1 Å². The van der Waals surface area contributed by atoms with Crippen LogP contribution in [0.1, 0.15) is 11.1 Å². The van der Waals surface area contributed by atoms with E-state index in [1.807, 2.05) is 31.2 Å². The molecule has 1 amide bonds. The Morgan fingerprint density at radius 3 is 2.48 bits per heavy atom. The zero-order valence-electron chi connectivity index (χ0n) is 11.6.